The highest BCUT2D eigenvalue weighted by Crippen LogP contribution is 2.30. The number of carbonyl (C=O) groups is 1. The van der Waals surface area contributed by atoms with E-state index in [2.05, 4.69) is 60.7 Å². The number of rotatable bonds is 15. The van der Waals surface area contributed by atoms with E-state index in [1.807, 2.05) is 0 Å². The van der Waals surface area contributed by atoms with Crippen LogP contribution in [0.25, 0.3) is 0 Å². The maximum absolute atomic E-state index is 10.5. The standard InChI is InChI=1S/C23H37IO2/c1-23(2,18-10-6-3-4-9-13-22(25)26)19-11-7-5-8-12-20-14-16-21(24)17-15-20/h14-17H,3-13,18-19H2,1-2H3,(H,25,26). The zero-order chi connectivity index (χ0) is 19.3. The van der Waals surface area contributed by atoms with Crippen molar-refractivity contribution in [3.63, 3.8) is 0 Å². The molecule has 0 aromatic heterocycles. The summed E-state index contributed by atoms with van der Waals surface area (Å²) in [6.45, 7) is 4.81. The van der Waals surface area contributed by atoms with Gasteiger partial charge < -0.3 is 5.11 Å². The molecule has 0 spiro atoms. The van der Waals surface area contributed by atoms with Crippen LogP contribution in [-0.4, -0.2) is 11.1 Å². The molecule has 2 nitrogen and oxygen atoms in total. The van der Waals surface area contributed by atoms with Crippen LogP contribution in [-0.2, 0) is 11.2 Å². The average molecular weight is 472 g/mol. The molecule has 148 valence electrons. The SMILES string of the molecule is CC(C)(CCCCCCCC(=O)O)CCCCCCc1ccc(I)cc1. The number of aryl methyl sites for hydroxylation is 1. The third-order valence-corrected chi connectivity index (χ3v) is 5.95. The van der Waals surface area contributed by atoms with Gasteiger partial charge in [-0.15, -0.1) is 0 Å². The van der Waals surface area contributed by atoms with Crippen LogP contribution in [0.5, 0.6) is 0 Å². The first kappa shape index (κ1) is 23.5. The van der Waals surface area contributed by atoms with Crippen molar-refractivity contribution in [2.24, 2.45) is 5.41 Å². The Labute approximate surface area is 174 Å². The molecule has 0 saturated carbocycles. The summed E-state index contributed by atoms with van der Waals surface area (Å²) in [4.78, 5) is 10.5. The van der Waals surface area contributed by atoms with Crippen LogP contribution < -0.4 is 0 Å². The van der Waals surface area contributed by atoms with Crippen molar-refractivity contribution >= 4 is 28.6 Å². The molecule has 0 bridgehead atoms. The van der Waals surface area contributed by atoms with E-state index < -0.39 is 5.97 Å². The van der Waals surface area contributed by atoms with Gasteiger partial charge in [0.2, 0.25) is 0 Å². The zero-order valence-electron chi connectivity index (χ0n) is 16.7. The van der Waals surface area contributed by atoms with Crippen molar-refractivity contribution < 1.29 is 9.90 Å². The highest BCUT2D eigenvalue weighted by atomic mass is 127. The van der Waals surface area contributed by atoms with Gasteiger partial charge in [-0.25, -0.2) is 0 Å². The quantitative estimate of drug-likeness (QED) is 0.211. The lowest BCUT2D eigenvalue weighted by atomic mass is 9.81. The van der Waals surface area contributed by atoms with Crippen molar-refractivity contribution in [2.75, 3.05) is 0 Å². The van der Waals surface area contributed by atoms with Gasteiger partial charge in [-0.2, -0.15) is 0 Å². The van der Waals surface area contributed by atoms with E-state index in [9.17, 15) is 4.79 Å². The number of hydrogen-bond donors (Lipinski definition) is 1. The summed E-state index contributed by atoms with van der Waals surface area (Å²) in [7, 11) is 0. The Morgan fingerprint density at radius 1 is 0.846 bits per heavy atom. The number of aliphatic carboxylic acids is 1. The number of carboxylic acids is 1. The molecular formula is C23H37IO2. The van der Waals surface area contributed by atoms with Gasteiger partial charge in [0.1, 0.15) is 0 Å². The Balaban J connectivity index is 1.97. The lowest BCUT2D eigenvalue weighted by Crippen LogP contribution is -2.11. The summed E-state index contributed by atoms with van der Waals surface area (Å²) in [5, 5.41) is 8.63. The maximum atomic E-state index is 10.5. The predicted octanol–water partition coefficient (Wildman–Crippen LogP) is 7.63. The highest BCUT2D eigenvalue weighted by molar-refractivity contribution is 14.1. The van der Waals surface area contributed by atoms with Crippen molar-refractivity contribution in [2.45, 2.75) is 97.3 Å². The number of halogens is 1. The van der Waals surface area contributed by atoms with E-state index in [0.717, 1.165) is 12.8 Å². The fraction of sp³-hybridized carbons (Fsp3) is 0.696. The Morgan fingerprint density at radius 2 is 1.35 bits per heavy atom. The van der Waals surface area contributed by atoms with E-state index in [-0.39, 0.29) is 0 Å². The molecule has 0 radical (unpaired) electrons. The van der Waals surface area contributed by atoms with Gasteiger partial charge in [-0.3, -0.25) is 4.79 Å². The molecule has 0 amide bonds. The number of carboxylic acid groups (broad SMARTS) is 1. The van der Waals surface area contributed by atoms with Crippen molar-refractivity contribution in [1.82, 2.24) is 0 Å². The van der Waals surface area contributed by atoms with Crippen molar-refractivity contribution in [3.8, 4) is 0 Å². The number of hydrogen-bond acceptors (Lipinski definition) is 1. The third kappa shape index (κ3) is 12.7. The molecule has 0 unspecified atom stereocenters. The molecular weight excluding hydrogens is 435 g/mol. The summed E-state index contributed by atoms with van der Waals surface area (Å²) < 4.78 is 1.31. The van der Waals surface area contributed by atoms with Gasteiger partial charge in [0.25, 0.3) is 0 Å². The molecule has 26 heavy (non-hydrogen) atoms. The minimum Gasteiger partial charge on any atom is -0.481 e. The maximum Gasteiger partial charge on any atom is 0.303 e. The molecule has 1 aromatic carbocycles. The summed E-state index contributed by atoms with van der Waals surface area (Å²) in [6.07, 6.45) is 15.1. The normalized spacial score (nSPS) is 11.7. The van der Waals surface area contributed by atoms with Crippen LogP contribution in [0.3, 0.4) is 0 Å². The first-order valence-electron chi connectivity index (χ1n) is 10.4. The first-order chi connectivity index (χ1) is 12.4. The van der Waals surface area contributed by atoms with Gasteiger partial charge >= 0.3 is 5.97 Å². The molecule has 0 saturated heterocycles. The summed E-state index contributed by atoms with van der Waals surface area (Å²) in [5.74, 6) is -0.662. The average Bonchev–Trinajstić information content (AvgIpc) is 2.58. The smallest absolute Gasteiger partial charge is 0.303 e. The van der Waals surface area contributed by atoms with Crippen molar-refractivity contribution in [1.29, 1.82) is 0 Å². The fourth-order valence-corrected chi connectivity index (χ4v) is 3.83. The molecule has 0 aliphatic rings. The lowest BCUT2D eigenvalue weighted by molar-refractivity contribution is -0.137. The Kier molecular flexibility index (Phi) is 12.2. The van der Waals surface area contributed by atoms with Crippen LogP contribution in [0.2, 0.25) is 0 Å². The molecule has 0 aliphatic heterocycles. The van der Waals surface area contributed by atoms with Gasteiger partial charge in [-0.1, -0.05) is 70.9 Å². The minimum atomic E-state index is -0.662. The van der Waals surface area contributed by atoms with Crippen LogP contribution in [0, 0.1) is 8.99 Å². The van der Waals surface area contributed by atoms with Gasteiger partial charge in [-0.05, 0) is 77.8 Å². The van der Waals surface area contributed by atoms with Gasteiger partial charge in [0.05, 0.1) is 0 Å². The third-order valence-electron chi connectivity index (χ3n) is 5.23. The van der Waals surface area contributed by atoms with E-state index in [1.54, 1.807) is 0 Å². The molecule has 1 rings (SSSR count). The molecule has 0 atom stereocenters. The highest BCUT2D eigenvalue weighted by Gasteiger charge is 2.16. The lowest BCUT2D eigenvalue weighted by Gasteiger charge is -2.24. The van der Waals surface area contributed by atoms with Crippen LogP contribution in [0.15, 0.2) is 24.3 Å². The summed E-state index contributed by atoms with van der Waals surface area (Å²) in [5.41, 5.74) is 1.92. The second-order valence-electron chi connectivity index (χ2n) is 8.37. The summed E-state index contributed by atoms with van der Waals surface area (Å²) in [6, 6.07) is 8.91. The second-order valence-corrected chi connectivity index (χ2v) is 9.61. The second kappa shape index (κ2) is 13.6. The Bertz CT molecular complexity index is 493. The summed E-state index contributed by atoms with van der Waals surface area (Å²) >= 11 is 2.36. The van der Waals surface area contributed by atoms with E-state index >= 15 is 0 Å². The van der Waals surface area contributed by atoms with Crippen molar-refractivity contribution in [3.05, 3.63) is 33.4 Å². The molecule has 1 aromatic rings. The number of benzene rings is 1. The van der Waals surface area contributed by atoms with Crippen LogP contribution in [0.4, 0.5) is 0 Å². The first-order valence-corrected chi connectivity index (χ1v) is 11.4. The van der Waals surface area contributed by atoms with Gasteiger partial charge in [0.15, 0.2) is 0 Å². The van der Waals surface area contributed by atoms with E-state index in [1.165, 1.54) is 73.3 Å². The van der Waals surface area contributed by atoms with E-state index in [0.29, 0.717) is 11.8 Å². The Morgan fingerprint density at radius 3 is 1.92 bits per heavy atom. The Hall–Kier alpha value is -0.580. The monoisotopic (exact) mass is 472 g/mol. The largest absolute Gasteiger partial charge is 0.481 e. The molecule has 3 heteroatoms. The van der Waals surface area contributed by atoms with Crippen LogP contribution >= 0.6 is 22.6 Å². The number of unbranched alkanes of at least 4 members (excludes halogenated alkanes) is 7. The zero-order valence-corrected chi connectivity index (χ0v) is 18.9. The molecule has 0 heterocycles. The molecule has 1 N–H and O–H groups in total. The van der Waals surface area contributed by atoms with Gasteiger partial charge in [0, 0.05) is 9.99 Å². The topological polar surface area (TPSA) is 37.3 Å². The molecule has 0 aliphatic carbocycles. The predicted molar refractivity (Wildman–Crippen MR) is 120 cm³/mol. The van der Waals surface area contributed by atoms with E-state index in [4.69, 9.17) is 5.11 Å². The fourth-order valence-electron chi connectivity index (χ4n) is 3.47. The minimum absolute atomic E-state index is 0.328. The van der Waals surface area contributed by atoms with Crippen LogP contribution in [0.1, 0.15) is 96.5 Å². The molecule has 0 fully saturated rings.